The lowest BCUT2D eigenvalue weighted by atomic mass is 10.1. The van der Waals surface area contributed by atoms with Crippen LogP contribution in [0.1, 0.15) is 24.1 Å². The smallest absolute Gasteiger partial charge is 0.258 e. The number of para-hydroxylation sites is 1. The summed E-state index contributed by atoms with van der Waals surface area (Å²) >= 11 is 0. The first-order valence-corrected chi connectivity index (χ1v) is 7.22. The first-order chi connectivity index (χ1) is 10.6. The van der Waals surface area contributed by atoms with Crippen LogP contribution in [0.3, 0.4) is 0 Å². The van der Waals surface area contributed by atoms with Gasteiger partial charge in [-0.25, -0.2) is 0 Å². The molecule has 4 nitrogen and oxygen atoms in total. The Morgan fingerprint density at radius 1 is 1.18 bits per heavy atom. The van der Waals surface area contributed by atoms with E-state index >= 15 is 0 Å². The van der Waals surface area contributed by atoms with Crippen LogP contribution in [-0.4, -0.2) is 19.6 Å². The van der Waals surface area contributed by atoms with Crippen LogP contribution in [-0.2, 0) is 4.79 Å². The zero-order valence-corrected chi connectivity index (χ0v) is 13.1. The summed E-state index contributed by atoms with van der Waals surface area (Å²) in [5.74, 6) is 1.29. The summed E-state index contributed by atoms with van der Waals surface area (Å²) in [5, 5.41) is 2.91. The van der Waals surface area contributed by atoms with E-state index < -0.39 is 0 Å². The lowest BCUT2D eigenvalue weighted by molar-refractivity contribution is -0.123. The molecule has 0 unspecified atom stereocenters. The van der Waals surface area contributed by atoms with Crippen LogP contribution in [0.25, 0.3) is 0 Å². The van der Waals surface area contributed by atoms with Crippen LogP contribution >= 0.6 is 0 Å². The number of benzene rings is 2. The Labute approximate surface area is 131 Å². The molecule has 4 heteroatoms. The first kappa shape index (κ1) is 15.9. The van der Waals surface area contributed by atoms with Crippen molar-refractivity contribution in [3.05, 3.63) is 59.7 Å². The number of nitrogens with one attached hydrogen (secondary N) is 1. The molecule has 0 saturated carbocycles. The third kappa shape index (κ3) is 4.25. The number of ether oxygens (including phenoxy) is 2. The largest absolute Gasteiger partial charge is 0.496 e. The molecule has 0 spiro atoms. The van der Waals surface area contributed by atoms with Crippen molar-refractivity contribution in [3.8, 4) is 11.5 Å². The lowest BCUT2D eigenvalue weighted by Gasteiger charge is -2.17. The van der Waals surface area contributed by atoms with Gasteiger partial charge in [-0.15, -0.1) is 0 Å². The minimum Gasteiger partial charge on any atom is -0.496 e. The van der Waals surface area contributed by atoms with Crippen molar-refractivity contribution in [1.82, 2.24) is 5.32 Å². The maximum atomic E-state index is 12.0. The minimum absolute atomic E-state index is 0.0110. The average molecular weight is 299 g/mol. The molecule has 22 heavy (non-hydrogen) atoms. The van der Waals surface area contributed by atoms with Gasteiger partial charge in [-0.1, -0.05) is 30.3 Å². The van der Waals surface area contributed by atoms with Crippen LogP contribution in [0.2, 0.25) is 0 Å². The number of carbonyl (C=O) groups is 1. The molecule has 1 atom stereocenters. The SMILES string of the molecule is COc1ccccc1[C@@H](C)NC(=O)COc1cccc(C)c1. The molecule has 116 valence electrons. The van der Waals surface area contributed by atoms with E-state index in [0.29, 0.717) is 5.75 Å². The molecule has 2 aromatic rings. The summed E-state index contributed by atoms with van der Waals surface area (Å²) in [7, 11) is 1.62. The Kier molecular flexibility index (Phi) is 5.42. The Bertz CT molecular complexity index is 640. The van der Waals surface area contributed by atoms with E-state index in [9.17, 15) is 4.79 Å². The number of hydrogen-bond acceptors (Lipinski definition) is 3. The van der Waals surface area contributed by atoms with E-state index in [1.54, 1.807) is 7.11 Å². The summed E-state index contributed by atoms with van der Waals surface area (Å²) in [5.41, 5.74) is 2.04. The zero-order chi connectivity index (χ0) is 15.9. The van der Waals surface area contributed by atoms with Gasteiger partial charge in [0.15, 0.2) is 6.61 Å². The number of carbonyl (C=O) groups excluding carboxylic acids is 1. The van der Waals surface area contributed by atoms with E-state index in [0.717, 1.165) is 16.9 Å². The third-order valence-electron chi connectivity index (χ3n) is 3.34. The van der Waals surface area contributed by atoms with Crippen molar-refractivity contribution in [1.29, 1.82) is 0 Å². The second kappa shape index (κ2) is 7.50. The molecule has 2 aromatic carbocycles. The quantitative estimate of drug-likeness (QED) is 0.890. The van der Waals surface area contributed by atoms with Gasteiger partial charge >= 0.3 is 0 Å². The number of amides is 1. The second-order valence-corrected chi connectivity index (χ2v) is 5.14. The molecule has 0 bridgehead atoms. The molecule has 0 radical (unpaired) electrons. The summed E-state index contributed by atoms with van der Waals surface area (Å²) in [6.07, 6.45) is 0. The molecule has 0 heterocycles. The van der Waals surface area contributed by atoms with Gasteiger partial charge in [0.25, 0.3) is 5.91 Å². The fraction of sp³-hybridized carbons (Fsp3) is 0.278. The van der Waals surface area contributed by atoms with E-state index in [1.807, 2.05) is 62.4 Å². The molecule has 0 aliphatic heterocycles. The van der Waals surface area contributed by atoms with Gasteiger partial charge < -0.3 is 14.8 Å². The maximum Gasteiger partial charge on any atom is 0.258 e. The Balaban J connectivity index is 1.91. The topological polar surface area (TPSA) is 47.6 Å². The first-order valence-electron chi connectivity index (χ1n) is 7.22. The van der Waals surface area contributed by atoms with E-state index in [4.69, 9.17) is 9.47 Å². The number of aryl methyl sites for hydroxylation is 1. The highest BCUT2D eigenvalue weighted by Gasteiger charge is 2.13. The van der Waals surface area contributed by atoms with Crippen LogP contribution in [0.5, 0.6) is 11.5 Å². The van der Waals surface area contributed by atoms with Gasteiger partial charge in [-0.2, -0.15) is 0 Å². The predicted molar refractivity (Wildman–Crippen MR) is 86.2 cm³/mol. The molecular formula is C18H21NO3. The van der Waals surface area contributed by atoms with Crippen LogP contribution in [0.4, 0.5) is 0 Å². The van der Waals surface area contributed by atoms with Crippen molar-refractivity contribution < 1.29 is 14.3 Å². The van der Waals surface area contributed by atoms with Crippen molar-refractivity contribution in [2.75, 3.05) is 13.7 Å². The zero-order valence-electron chi connectivity index (χ0n) is 13.1. The lowest BCUT2D eigenvalue weighted by Crippen LogP contribution is -2.31. The fourth-order valence-corrected chi connectivity index (χ4v) is 2.24. The molecular weight excluding hydrogens is 278 g/mol. The van der Waals surface area contributed by atoms with Gasteiger partial charge in [0, 0.05) is 5.56 Å². The molecule has 1 amide bonds. The van der Waals surface area contributed by atoms with Crippen LogP contribution in [0.15, 0.2) is 48.5 Å². The molecule has 0 aromatic heterocycles. The minimum atomic E-state index is -0.167. The van der Waals surface area contributed by atoms with Gasteiger partial charge in [0.2, 0.25) is 0 Å². The van der Waals surface area contributed by atoms with Crippen molar-refractivity contribution in [2.45, 2.75) is 19.9 Å². The highest BCUT2D eigenvalue weighted by atomic mass is 16.5. The van der Waals surface area contributed by atoms with Crippen molar-refractivity contribution >= 4 is 5.91 Å². The maximum absolute atomic E-state index is 12.0. The van der Waals surface area contributed by atoms with E-state index in [2.05, 4.69) is 5.32 Å². The normalized spacial score (nSPS) is 11.6. The molecule has 0 aliphatic rings. The van der Waals surface area contributed by atoms with Gasteiger partial charge in [0.1, 0.15) is 11.5 Å². The van der Waals surface area contributed by atoms with Crippen molar-refractivity contribution in [3.63, 3.8) is 0 Å². The number of hydrogen-bond donors (Lipinski definition) is 1. The summed E-state index contributed by atoms with van der Waals surface area (Å²) in [6, 6.07) is 15.1. The average Bonchev–Trinajstić information content (AvgIpc) is 2.53. The standard InChI is InChI=1S/C18H21NO3/c1-13-7-6-8-15(11-13)22-12-18(20)19-14(2)16-9-4-5-10-17(16)21-3/h4-11,14H,12H2,1-3H3,(H,19,20)/t14-/m1/s1. The monoisotopic (exact) mass is 299 g/mol. The number of methoxy groups -OCH3 is 1. The van der Waals surface area contributed by atoms with Crippen molar-refractivity contribution in [2.24, 2.45) is 0 Å². The third-order valence-corrected chi connectivity index (χ3v) is 3.34. The summed E-state index contributed by atoms with van der Waals surface area (Å²) < 4.78 is 10.8. The summed E-state index contributed by atoms with van der Waals surface area (Å²) in [4.78, 5) is 12.0. The predicted octanol–water partition coefficient (Wildman–Crippen LogP) is 3.26. The molecule has 0 saturated heterocycles. The van der Waals surface area contributed by atoms with Crippen LogP contribution in [0, 0.1) is 6.92 Å². The molecule has 1 N–H and O–H groups in total. The van der Waals surface area contributed by atoms with Gasteiger partial charge in [0.05, 0.1) is 13.2 Å². The fourth-order valence-electron chi connectivity index (χ4n) is 2.24. The van der Waals surface area contributed by atoms with Gasteiger partial charge in [-0.3, -0.25) is 4.79 Å². The van der Waals surface area contributed by atoms with Gasteiger partial charge in [-0.05, 0) is 37.6 Å². The Morgan fingerprint density at radius 3 is 2.68 bits per heavy atom. The Morgan fingerprint density at radius 2 is 1.95 bits per heavy atom. The highest BCUT2D eigenvalue weighted by Crippen LogP contribution is 2.24. The number of rotatable bonds is 6. The molecule has 2 rings (SSSR count). The Hall–Kier alpha value is -2.49. The summed E-state index contributed by atoms with van der Waals surface area (Å²) in [6.45, 7) is 3.89. The molecule has 0 aliphatic carbocycles. The van der Waals surface area contributed by atoms with E-state index in [-0.39, 0.29) is 18.6 Å². The van der Waals surface area contributed by atoms with Crippen LogP contribution < -0.4 is 14.8 Å². The molecule has 0 fully saturated rings. The second-order valence-electron chi connectivity index (χ2n) is 5.14. The van der Waals surface area contributed by atoms with E-state index in [1.165, 1.54) is 0 Å². The highest BCUT2D eigenvalue weighted by molar-refractivity contribution is 5.78.